The molecule has 122 valence electrons. The molecule has 0 fully saturated rings. The molecule has 0 aliphatic carbocycles. The predicted molar refractivity (Wildman–Crippen MR) is 107 cm³/mol. The Kier molecular flexibility index (Phi) is 4.14. The Labute approximate surface area is 144 Å². The van der Waals surface area contributed by atoms with E-state index in [9.17, 15) is 0 Å². The van der Waals surface area contributed by atoms with Crippen molar-refractivity contribution in [2.45, 2.75) is 52.4 Å². The normalized spacial score (nSPS) is 11.9. The van der Waals surface area contributed by atoms with Crippen molar-refractivity contribution >= 4 is 32.3 Å². The molecule has 0 nitrogen and oxygen atoms in total. The maximum atomic E-state index is 2.48. The SMILES string of the molecule is CCCCc1cc2ccc3cccc4ccc(c1CCCC)c2c34. The van der Waals surface area contributed by atoms with Gasteiger partial charge in [0.15, 0.2) is 0 Å². The molecule has 0 atom stereocenters. The van der Waals surface area contributed by atoms with Crippen LogP contribution in [0.15, 0.2) is 48.5 Å². The molecule has 0 saturated carbocycles. The zero-order valence-electron chi connectivity index (χ0n) is 14.9. The van der Waals surface area contributed by atoms with E-state index in [0.717, 1.165) is 0 Å². The summed E-state index contributed by atoms with van der Waals surface area (Å²) in [6.45, 7) is 4.58. The van der Waals surface area contributed by atoms with Gasteiger partial charge in [-0.05, 0) is 69.1 Å². The maximum Gasteiger partial charge on any atom is -0.00238 e. The van der Waals surface area contributed by atoms with Crippen LogP contribution in [0.1, 0.15) is 50.7 Å². The number of hydrogen-bond acceptors (Lipinski definition) is 0. The molecule has 24 heavy (non-hydrogen) atoms. The van der Waals surface area contributed by atoms with Crippen LogP contribution in [0.2, 0.25) is 0 Å². The maximum absolute atomic E-state index is 2.48. The predicted octanol–water partition coefficient (Wildman–Crippen LogP) is 7.27. The third kappa shape index (κ3) is 2.45. The smallest absolute Gasteiger partial charge is 0.00238 e. The van der Waals surface area contributed by atoms with Gasteiger partial charge in [0.2, 0.25) is 0 Å². The van der Waals surface area contributed by atoms with Gasteiger partial charge in [0.05, 0.1) is 0 Å². The Balaban J connectivity index is 2.05. The highest BCUT2D eigenvalue weighted by Gasteiger charge is 2.14. The summed E-state index contributed by atoms with van der Waals surface area (Å²) < 4.78 is 0. The first kappa shape index (κ1) is 15.4. The lowest BCUT2D eigenvalue weighted by molar-refractivity contribution is 0.762. The summed E-state index contributed by atoms with van der Waals surface area (Å²) in [4.78, 5) is 0. The molecule has 0 aliphatic heterocycles. The lowest BCUT2D eigenvalue weighted by Crippen LogP contribution is -1.98. The van der Waals surface area contributed by atoms with Gasteiger partial charge in [0.1, 0.15) is 0 Å². The first-order valence-corrected chi connectivity index (χ1v) is 9.51. The van der Waals surface area contributed by atoms with E-state index in [4.69, 9.17) is 0 Å². The van der Waals surface area contributed by atoms with E-state index in [1.54, 1.807) is 11.1 Å². The zero-order chi connectivity index (χ0) is 16.5. The van der Waals surface area contributed by atoms with Gasteiger partial charge >= 0.3 is 0 Å². The molecule has 0 heteroatoms. The molecule has 0 amide bonds. The van der Waals surface area contributed by atoms with Crippen molar-refractivity contribution in [3.63, 3.8) is 0 Å². The standard InChI is InChI=1S/C24H26/c1-3-5-8-19-16-20-13-12-17-9-7-10-18-14-15-22(24(20)23(17)18)21(19)11-6-4-2/h7,9-10,12-16H,3-6,8,11H2,1-2H3. The first-order valence-electron chi connectivity index (χ1n) is 9.51. The molecule has 0 N–H and O–H groups in total. The Hall–Kier alpha value is -2.08. The highest BCUT2D eigenvalue weighted by molar-refractivity contribution is 6.23. The fourth-order valence-corrected chi connectivity index (χ4v) is 4.17. The van der Waals surface area contributed by atoms with Gasteiger partial charge in [-0.3, -0.25) is 0 Å². The average Bonchev–Trinajstić information content (AvgIpc) is 2.63. The van der Waals surface area contributed by atoms with Gasteiger partial charge in [0.25, 0.3) is 0 Å². The Morgan fingerprint density at radius 1 is 0.667 bits per heavy atom. The van der Waals surface area contributed by atoms with Gasteiger partial charge in [0, 0.05) is 0 Å². The lowest BCUT2D eigenvalue weighted by Gasteiger charge is -2.18. The van der Waals surface area contributed by atoms with Crippen molar-refractivity contribution in [2.75, 3.05) is 0 Å². The molecular formula is C24H26. The molecule has 0 unspecified atom stereocenters. The molecular weight excluding hydrogens is 288 g/mol. The van der Waals surface area contributed by atoms with Crippen LogP contribution in [-0.4, -0.2) is 0 Å². The van der Waals surface area contributed by atoms with Crippen molar-refractivity contribution in [3.8, 4) is 0 Å². The minimum Gasteiger partial charge on any atom is -0.0654 e. The summed E-state index contributed by atoms with van der Waals surface area (Å²) in [5, 5.41) is 8.59. The van der Waals surface area contributed by atoms with Crippen molar-refractivity contribution in [3.05, 3.63) is 59.7 Å². The fraction of sp³-hybridized carbons (Fsp3) is 0.333. The minimum absolute atomic E-state index is 1.21. The summed E-state index contributed by atoms with van der Waals surface area (Å²) in [6.07, 6.45) is 7.51. The molecule has 0 saturated heterocycles. The Bertz CT molecular complexity index is 962. The quantitative estimate of drug-likeness (QED) is 0.328. The number of unbranched alkanes of at least 4 members (excludes halogenated alkanes) is 2. The molecule has 0 aromatic heterocycles. The van der Waals surface area contributed by atoms with E-state index >= 15 is 0 Å². The molecule has 4 rings (SSSR count). The van der Waals surface area contributed by atoms with Crippen molar-refractivity contribution in [1.82, 2.24) is 0 Å². The topological polar surface area (TPSA) is 0 Å². The van der Waals surface area contributed by atoms with E-state index in [2.05, 4.69) is 62.4 Å². The van der Waals surface area contributed by atoms with Gasteiger partial charge < -0.3 is 0 Å². The van der Waals surface area contributed by atoms with Crippen LogP contribution in [0, 0.1) is 0 Å². The highest BCUT2D eigenvalue weighted by Crippen LogP contribution is 2.38. The van der Waals surface area contributed by atoms with E-state index in [1.165, 1.54) is 70.8 Å². The Morgan fingerprint density at radius 3 is 2.08 bits per heavy atom. The molecule has 4 aromatic rings. The summed E-state index contributed by atoms with van der Waals surface area (Å²) in [7, 11) is 0. The number of aryl methyl sites for hydroxylation is 2. The number of benzene rings is 4. The van der Waals surface area contributed by atoms with Crippen LogP contribution in [0.25, 0.3) is 32.3 Å². The second kappa shape index (κ2) is 6.43. The largest absolute Gasteiger partial charge is 0.0654 e. The molecule has 0 bridgehead atoms. The molecule has 0 aliphatic rings. The van der Waals surface area contributed by atoms with Crippen LogP contribution in [0.4, 0.5) is 0 Å². The number of rotatable bonds is 6. The molecule has 0 heterocycles. The van der Waals surface area contributed by atoms with Crippen LogP contribution < -0.4 is 0 Å². The van der Waals surface area contributed by atoms with Crippen LogP contribution in [0.5, 0.6) is 0 Å². The molecule has 4 aromatic carbocycles. The van der Waals surface area contributed by atoms with Crippen molar-refractivity contribution < 1.29 is 0 Å². The van der Waals surface area contributed by atoms with Crippen LogP contribution in [-0.2, 0) is 12.8 Å². The van der Waals surface area contributed by atoms with E-state index in [0.29, 0.717) is 0 Å². The van der Waals surface area contributed by atoms with E-state index in [1.807, 2.05) is 0 Å². The van der Waals surface area contributed by atoms with Crippen molar-refractivity contribution in [2.24, 2.45) is 0 Å². The fourth-order valence-electron chi connectivity index (χ4n) is 4.17. The van der Waals surface area contributed by atoms with Gasteiger partial charge in [-0.15, -0.1) is 0 Å². The summed E-state index contributed by atoms with van der Waals surface area (Å²) in [6, 6.07) is 18.5. The first-order chi connectivity index (χ1) is 11.8. The lowest BCUT2D eigenvalue weighted by atomic mass is 9.86. The molecule has 0 radical (unpaired) electrons. The van der Waals surface area contributed by atoms with Crippen LogP contribution in [0.3, 0.4) is 0 Å². The third-order valence-electron chi connectivity index (χ3n) is 5.43. The van der Waals surface area contributed by atoms with Gasteiger partial charge in [-0.25, -0.2) is 0 Å². The third-order valence-corrected chi connectivity index (χ3v) is 5.43. The number of hydrogen-bond donors (Lipinski definition) is 0. The summed E-state index contributed by atoms with van der Waals surface area (Å²) in [5.41, 5.74) is 3.19. The minimum atomic E-state index is 1.21. The molecule has 0 spiro atoms. The second-order valence-electron chi connectivity index (χ2n) is 7.08. The zero-order valence-corrected chi connectivity index (χ0v) is 14.9. The van der Waals surface area contributed by atoms with E-state index in [-0.39, 0.29) is 0 Å². The average molecular weight is 314 g/mol. The summed E-state index contributed by atoms with van der Waals surface area (Å²) in [5.74, 6) is 0. The van der Waals surface area contributed by atoms with Crippen molar-refractivity contribution in [1.29, 1.82) is 0 Å². The highest BCUT2D eigenvalue weighted by atomic mass is 14.2. The van der Waals surface area contributed by atoms with E-state index < -0.39 is 0 Å². The van der Waals surface area contributed by atoms with Crippen LogP contribution >= 0.6 is 0 Å². The summed E-state index contributed by atoms with van der Waals surface area (Å²) >= 11 is 0. The van der Waals surface area contributed by atoms with Gasteiger partial charge in [-0.1, -0.05) is 75.2 Å². The monoisotopic (exact) mass is 314 g/mol. The Morgan fingerprint density at radius 2 is 1.33 bits per heavy atom. The second-order valence-corrected chi connectivity index (χ2v) is 7.08. The van der Waals surface area contributed by atoms with Gasteiger partial charge in [-0.2, -0.15) is 0 Å².